The Bertz CT molecular complexity index is 1250. The molecule has 0 radical (unpaired) electrons. The van der Waals surface area contributed by atoms with Gasteiger partial charge in [0, 0.05) is 48.6 Å². The molecule has 2 aliphatic heterocycles. The number of carbonyl (C=O) groups excluding carboxylic acids is 2. The van der Waals surface area contributed by atoms with Gasteiger partial charge in [-0.25, -0.2) is 4.99 Å². The topological polar surface area (TPSA) is 128 Å². The van der Waals surface area contributed by atoms with Crippen molar-refractivity contribution in [3.63, 3.8) is 0 Å². The van der Waals surface area contributed by atoms with E-state index in [1.165, 1.54) is 34.9 Å². The highest BCUT2D eigenvalue weighted by Gasteiger charge is 2.33. The summed E-state index contributed by atoms with van der Waals surface area (Å²) in [6, 6.07) is 9.24. The van der Waals surface area contributed by atoms with Crippen molar-refractivity contribution in [3.05, 3.63) is 68.1 Å². The SMILES string of the molecule is CCN1C(=O)/C(=C/c2cc([N+](=O)[O-])ccc2N2CCOCC2)SC1=Nc1ccc(C(=O)[O-])c(C)c1. The lowest BCUT2D eigenvalue weighted by molar-refractivity contribution is -0.384. The van der Waals surface area contributed by atoms with Gasteiger partial charge in [0.1, 0.15) is 0 Å². The molecule has 4 rings (SSSR count). The number of nitrogens with zero attached hydrogens (tertiary/aromatic N) is 4. The number of morpholine rings is 1. The van der Waals surface area contributed by atoms with Crippen molar-refractivity contribution in [2.75, 3.05) is 37.7 Å². The Morgan fingerprint density at radius 1 is 1.23 bits per heavy atom. The maximum Gasteiger partial charge on any atom is 0.270 e. The van der Waals surface area contributed by atoms with E-state index in [0.717, 1.165) is 5.69 Å². The van der Waals surface area contributed by atoms with Gasteiger partial charge in [0.15, 0.2) is 5.17 Å². The molecular formula is C24H23N4O6S-. The number of benzene rings is 2. The fourth-order valence-corrected chi connectivity index (χ4v) is 4.98. The molecule has 2 aliphatic rings. The molecule has 0 spiro atoms. The van der Waals surface area contributed by atoms with Crippen LogP contribution >= 0.6 is 11.8 Å². The van der Waals surface area contributed by atoms with E-state index in [1.54, 1.807) is 31.2 Å². The predicted molar refractivity (Wildman–Crippen MR) is 132 cm³/mol. The average molecular weight is 496 g/mol. The molecule has 2 heterocycles. The van der Waals surface area contributed by atoms with E-state index < -0.39 is 10.9 Å². The molecule has 10 nitrogen and oxygen atoms in total. The first-order valence-corrected chi connectivity index (χ1v) is 11.8. The number of rotatable bonds is 6. The van der Waals surface area contributed by atoms with Gasteiger partial charge in [-0.05, 0) is 55.4 Å². The van der Waals surface area contributed by atoms with E-state index >= 15 is 0 Å². The third kappa shape index (κ3) is 5.20. The summed E-state index contributed by atoms with van der Waals surface area (Å²) in [6.45, 7) is 6.25. The van der Waals surface area contributed by atoms with Gasteiger partial charge in [-0.3, -0.25) is 19.8 Å². The van der Waals surface area contributed by atoms with Crippen LogP contribution in [-0.2, 0) is 9.53 Å². The maximum atomic E-state index is 13.2. The standard InChI is InChI=1S/C24H24N4O6S/c1-3-27-22(29)21(35-24(27)25-17-4-6-19(23(30)31)15(2)12-17)14-16-13-18(28(32)33)5-7-20(16)26-8-10-34-11-9-26/h4-7,12-14H,3,8-11H2,1-2H3,(H,30,31)/p-1/b21-14-,25-24?. The van der Waals surface area contributed by atoms with Crippen molar-refractivity contribution in [1.82, 2.24) is 4.90 Å². The van der Waals surface area contributed by atoms with Crippen LogP contribution in [0.5, 0.6) is 0 Å². The third-order valence-electron chi connectivity index (χ3n) is 5.72. The highest BCUT2D eigenvalue weighted by Crippen LogP contribution is 2.37. The van der Waals surface area contributed by atoms with Crippen LogP contribution in [0.2, 0.25) is 0 Å². The van der Waals surface area contributed by atoms with Gasteiger partial charge in [0.2, 0.25) is 0 Å². The fraction of sp³-hybridized carbons (Fsp3) is 0.292. The highest BCUT2D eigenvalue weighted by molar-refractivity contribution is 8.18. The molecule has 0 bridgehead atoms. The maximum absolute atomic E-state index is 13.2. The number of hydrogen-bond acceptors (Lipinski definition) is 9. The lowest BCUT2D eigenvalue weighted by Gasteiger charge is -2.30. The number of aryl methyl sites for hydroxylation is 1. The Hall–Kier alpha value is -3.70. The largest absolute Gasteiger partial charge is 0.545 e. The molecule has 0 aromatic heterocycles. The molecule has 0 aliphatic carbocycles. The van der Waals surface area contributed by atoms with Crippen LogP contribution in [0.1, 0.15) is 28.4 Å². The molecule has 1 amide bonds. The van der Waals surface area contributed by atoms with Gasteiger partial charge in [0.05, 0.1) is 34.7 Å². The lowest BCUT2D eigenvalue weighted by atomic mass is 10.1. The first-order valence-electron chi connectivity index (χ1n) is 11.0. The molecule has 2 saturated heterocycles. The number of nitro benzene ring substituents is 1. The molecular weight excluding hydrogens is 472 g/mol. The molecule has 0 saturated carbocycles. The Balaban J connectivity index is 1.71. The zero-order chi connectivity index (χ0) is 25.1. The van der Waals surface area contributed by atoms with Gasteiger partial charge in [-0.1, -0.05) is 6.07 Å². The second-order valence-electron chi connectivity index (χ2n) is 7.94. The number of carbonyl (C=O) groups is 2. The van der Waals surface area contributed by atoms with E-state index in [0.29, 0.717) is 59.7 Å². The molecule has 0 unspecified atom stereocenters. The summed E-state index contributed by atoms with van der Waals surface area (Å²) in [6.07, 6.45) is 1.67. The Morgan fingerprint density at radius 3 is 2.60 bits per heavy atom. The zero-order valence-electron chi connectivity index (χ0n) is 19.2. The van der Waals surface area contributed by atoms with Crippen LogP contribution in [0.4, 0.5) is 17.1 Å². The summed E-state index contributed by atoms with van der Waals surface area (Å²) >= 11 is 1.17. The number of carboxylic acid groups (broad SMARTS) is 1. The van der Waals surface area contributed by atoms with Crippen LogP contribution in [0, 0.1) is 17.0 Å². The number of carboxylic acids is 1. The summed E-state index contributed by atoms with van der Waals surface area (Å²) in [5.74, 6) is -1.51. The van der Waals surface area contributed by atoms with Crippen LogP contribution < -0.4 is 10.0 Å². The number of ether oxygens (including phenoxy) is 1. The van der Waals surface area contributed by atoms with Crippen molar-refractivity contribution in [2.45, 2.75) is 13.8 Å². The van der Waals surface area contributed by atoms with Gasteiger partial charge in [0.25, 0.3) is 11.6 Å². The minimum absolute atomic E-state index is 0.0611. The fourth-order valence-electron chi connectivity index (χ4n) is 3.93. The van der Waals surface area contributed by atoms with E-state index in [2.05, 4.69) is 9.89 Å². The third-order valence-corrected chi connectivity index (χ3v) is 6.73. The Kier molecular flexibility index (Phi) is 7.17. The number of nitro groups is 1. The number of amides is 1. The lowest BCUT2D eigenvalue weighted by Crippen LogP contribution is -2.36. The summed E-state index contributed by atoms with van der Waals surface area (Å²) in [5.41, 5.74) is 2.40. The molecule has 35 heavy (non-hydrogen) atoms. The van der Waals surface area contributed by atoms with Crippen molar-refractivity contribution < 1.29 is 24.4 Å². The Morgan fingerprint density at radius 2 is 1.97 bits per heavy atom. The molecule has 0 atom stereocenters. The number of amidine groups is 1. The molecule has 2 aromatic carbocycles. The van der Waals surface area contributed by atoms with E-state index in [9.17, 15) is 24.8 Å². The monoisotopic (exact) mass is 495 g/mol. The predicted octanol–water partition coefficient (Wildman–Crippen LogP) is 2.73. The first kappa shape index (κ1) is 24.4. The molecule has 2 fully saturated rings. The van der Waals surface area contributed by atoms with Crippen LogP contribution in [0.25, 0.3) is 6.08 Å². The van der Waals surface area contributed by atoms with E-state index in [-0.39, 0.29) is 17.2 Å². The number of aliphatic imine (C=N–C) groups is 1. The number of hydrogen-bond donors (Lipinski definition) is 0. The van der Waals surface area contributed by atoms with Crippen molar-refractivity contribution >= 4 is 51.9 Å². The molecule has 0 N–H and O–H groups in total. The smallest absolute Gasteiger partial charge is 0.270 e. The highest BCUT2D eigenvalue weighted by atomic mass is 32.2. The second kappa shape index (κ2) is 10.3. The number of thioether (sulfide) groups is 1. The van der Waals surface area contributed by atoms with Crippen LogP contribution in [0.15, 0.2) is 46.3 Å². The number of likely N-dealkylation sites (N-methyl/N-ethyl adjacent to an activating group) is 1. The molecule has 2 aromatic rings. The summed E-state index contributed by atoms with van der Waals surface area (Å²) in [7, 11) is 0. The van der Waals surface area contributed by atoms with Crippen molar-refractivity contribution in [3.8, 4) is 0 Å². The van der Waals surface area contributed by atoms with Crippen molar-refractivity contribution in [2.24, 2.45) is 4.99 Å². The molecule has 11 heteroatoms. The van der Waals surface area contributed by atoms with Crippen LogP contribution in [0.3, 0.4) is 0 Å². The van der Waals surface area contributed by atoms with Gasteiger partial charge >= 0.3 is 0 Å². The summed E-state index contributed by atoms with van der Waals surface area (Å²) < 4.78 is 5.42. The number of non-ortho nitro benzene ring substituents is 1. The number of anilines is 1. The van der Waals surface area contributed by atoms with Crippen molar-refractivity contribution in [1.29, 1.82) is 0 Å². The quantitative estimate of drug-likeness (QED) is 0.340. The normalized spacial score (nSPS) is 18.5. The summed E-state index contributed by atoms with van der Waals surface area (Å²) in [4.78, 5) is 43.8. The van der Waals surface area contributed by atoms with E-state index in [4.69, 9.17) is 4.74 Å². The zero-order valence-corrected chi connectivity index (χ0v) is 20.0. The molecule has 182 valence electrons. The van der Waals surface area contributed by atoms with Crippen LogP contribution in [-0.4, -0.2) is 59.7 Å². The van der Waals surface area contributed by atoms with Gasteiger partial charge in [-0.15, -0.1) is 0 Å². The minimum Gasteiger partial charge on any atom is -0.545 e. The average Bonchev–Trinajstić information content (AvgIpc) is 3.12. The summed E-state index contributed by atoms with van der Waals surface area (Å²) in [5, 5.41) is 23.0. The van der Waals surface area contributed by atoms with Gasteiger partial charge < -0.3 is 19.5 Å². The van der Waals surface area contributed by atoms with E-state index in [1.807, 2.05) is 6.92 Å². The number of aromatic carboxylic acids is 1. The first-order chi connectivity index (χ1) is 16.8. The minimum atomic E-state index is -1.26. The Labute approximate surface area is 206 Å². The second-order valence-corrected chi connectivity index (χ2v) is 8.95. The van der Waals surface area contributed by atoms with Gasteiger partial charge in [-0.2, -0.15) is 0 Å².